The van der Waals surface area contributed by atoms with Gasteiger partial charge in [0.1, 0.15) is 4.21 Å². The van der Waals surface area contributed by atoms with Crippen LogP contribution in [0.25, 0.3) is 0 Å². The molecule has 1 aliphatic rings. The maximum atomic E-state index is 12.8. The smallest absolute Gasteiger partial charge is 0.271 e. The molecular weight excluding hydrogens is 406 g/mol. The van der Waals surface area contributed by atoms with Crippen molar-refractivity contribution in [1.82, 2.24) is 4.98 Å². The normalized spacial score (nSPS) is 13.4. The summed E-state index contributed by atoms with van der Waals surface area (Å²) in [5.41, 5.74) is 2.64. The molecule has 1 N–H and O–H groups in total. The highest BCUT2D eigenvalue weighted by Crippen LogP contribution is 2.33. The van der Waals surface area contributed by atoms with Gasteiger partial charge in [-0.1, -0.05) is 17.7 Å². The second kappa shape index (κ2) is 6.95. The van der Waals surface area contributed by atoms with Crippen molar-refractivity contribution in [2.45, 2.75) is 10.6 Å². The number of amides is 1. The van der Waals surface area contributed by atoms with E-state index < -0.39 is 10.0 Å². The first-order chi connectivity index (χ1) is 12.9. The fourth-order valence-corrected chi connectivity index (χ4v) is 5.48. The summed E-state index contributed by atoms with van der Waals surface area (Å²) >= 11 is 6.82. The molecule has 1 aliphatic heterocycles. The number of hydrogen-bond donors (Lipinski definition) is 1. The third-order valence-corrected chi connectivity index (χ3v) is 7.32. The van der Waals surface area contributed by atoms with Crippen LogP contribution in [0.3, 0.4) is 0 Å². The number of halogens is 1. The second-order valence-electron chi connectivity index (χ2n) is 5.95. The van der Waals surface area contributed by atoms with Crippen LogP contribution in [-0.2, 0) is 16.4 Å². The molecule has 0 atom stereocenters. The van der Waals surface area contributed by atoms with E-state index >= 15 is 0 Å². The van der Waals surface area contributed by atoms with Gasteiger partial charge in [0.05, 0.1) is 10.0 Å². The van der Waals surface area contributed by atoms with E-state index in [0.717, 1.165) is 23.3 Å². The Morgan fingerprint density at radius 2 is 1.93 bits per heavy atom. The lowest BCUT2D eigenvalue weighted by Gasteiger charge is -2.18. The molecule has 0 unspecified atom stereocenters. The van der Waals surface area contributed by atoms with Crippen molar-refractivity contribution in [1.29, 1.82) is 0 Å². The Hall–Kier alpha value is -2.42. The lowest BCUT2D eigenvalue weighted by molar-refractivity contribution is 0.0989. The molecule has 1 amide bonds. The molecule has 9 heteroatoms. The van der Waals surface area contributed by atoms with Crippen molar-refractivity contribution in [3.63, 3.8) is 0 Å². The molecule has 0 spiro atoms. The summed E-state index contributed by atoms with van der Waals surface area (Å²) in [5.74, 6) is -0.138. The van der Waals surface area contributed by atoms with Crippen molar-refractivity contribution in [2.24, 2.45) is 0 Å². The van der Waals surface area contributed by atoms with E-state index in [1.54, 1.807) is 47.6 Å². The summed E-state index contributed by atoms with van der Waals surface area (Å²) in [7, 11) is -3.73. The number of nitrogens with zero attached hydrogens (tertiary/aromatic N) is 2. The monoisotopic (exact) mass is 419 g/mol. The number of pyridine rings is 1. The highest BCUT2D eigenvalue weighted by molar-refractivity contribution is 7.94. The van der Waals surface area contributed by atoms with Crippen LogP contribution in [0.1, 0.15) is 15.9 Å². The van der Waals surface area contributed by atoms with Gasteiger partial charge < -0.3 is 4.90 Å². The number of thiophene rings is 1. The summed E-state index contributed by atoms with van der Waals surface area (Å²) in [4.78, 5) is 18.4. The van der Waals surface area contributed by atoms with Crippen LogP contribution in [0.5, 0.6) is 0 Å². The third kappa shape index (κ3) is 3.55. The number of carbonyl (C=O) groups excluding carboxylic acids is 1. The molecule has 27 heavy (non-hydrogen) atoms. The molecule has 0 fully saturated rings. The Bertz CT molecular complexity index is 1110. The molecule has 6 nitrogen and oxygen atoms in total. The highest BCUT2D eigenvalue weighted by atomic mass is 35.5. The highest BCUT2D eigenvalue weighted by Gasteiger charge is 2.26. The largest absolute Gasteiger partial charge is 0.308 e. The third-order valence-electron chi connectivity index (χ3n) is 4.22. The molecule has 4 rings (SSSR count). The topological polar surface area (TPSA) is 79.4 Å². The van der Waals surface area contributed by atoms with Gasteiger partial charge in [-0.25, -0.2) is 8.42 Å². The fourth-order valence-electron chi connectivity index (χ4n) is 2.95. The summed E-state index contributed by atoms with van der Waals surface area (Å²) in [6, 6.07) is 11.6. The zero-order valence-corrected chi connectivity index (χ0v) is 16.3. The number of benzene rings is 1. The molecule has 0 aliphatic carbocycles. The van der Waals surface area contributed by atoms with Crippen LogP contribution >= 0.6 is 22.9 Å². The Labute approximate surface area is 165 Å². The van der Waals surface area contributed by atoms with Crippen LogP contribution in [0.15, 0.2) is 59.1 Å². The number of anilines is 2. The van der Waals surface area contributed by atoms with E-state index in [4.69, 9.17) is 11.6 Å². The van der Waals surface area contributed by atoms with E-state index in [0.29, 0.717) is 27.8 Å². The number of carbonyl (C=O) groups is 1. The van der Waals surface area contributed by atoms with Crippen molar-refractivity contribution >= 4 is 50.2 Å². The zero-order valence-electron chi connectivity index (χ0n) is 13.9. The lowest BCUT2D eigenvalue weighted by atomic mass is 10.1. The number of rotatable bonds is 4. The predicted molar refractivity (Wildman–Crippen MR) is 106 cm³/mol. The molecule has 0 saturated heterocycles. The number of fused-ring (bicyclic) bond motifs is 1. The van der Waals surface area contributed by atoms with Crippen LogP contribution in [0.2, 0.25) is 4.34 Å². The molecule has 1 aromatic carbocycles. The number of aromatic nitrogens is 1. The Morgan fingerprint density at radius 3 is 2.63 bits per heavy atom. The summed E-state index contributed by atoms with van der Waals surface area (Å²) in [6.45, 7) is 0.549. The quantitative estimate of drug-likeness (QED) is 0.697. The predicted octanol–water partition coefficient (Wildman–Crippen LogP) is 3.80. The Kier molecular flexibility index (Phi) is 4.63. The first kappa shape index (κ1) is 18.0. The Morgan fingerprint density at radius 1 is 1.15 bits per heavy atom. The second-order valence-corrected chi connectivity index (χ2v) is 9.57. The molecule has 0 saturated carbocycles. The maximum absolute atomic E-state index is 12.8. The van der Waals surface area contributed by atoms with Gasteiger partial charge in [0.2, 0.25) is 0 Å². The van der Waals surface area contributed by atoms with Crippen molar-refractivity contribution in [2.75, 3.05) is 16.2 Å². The van der Waals surface area contributed by atoms with Gasteiger partial charge in [0, 0.05) is 30.2 Å². The zero-order chi connectivity index (χ0) is 19.0. The number of sulfonamides is 1. The number of nitrogens with one attached hydrogen (secondary N) is 1. The van der Waals surface area contributed by atoms with E-state index in [2.05, 4.69) is 9.71 Å². The Balaban J connectivity index is 1.63. The standard InChI is InChI=1S/C18H14ClN3O3S2/c19-16-3-4-17(26-16)27(24,25)21-14-2-1-12-7-10-22(15(12)11-14)18(23)13-5-8-20-9-6-13/h1-6,8-9,11,21H,7,10H2. The van der Waals surface area contributed by atoms with E-state index in [1.807, 2.05) is 6.07 Å². The van der Waals surface area contributed by atoms with Crippen LogP contribution in [0.4, 0.5) is 11.4 Å². The van der Waals surface area contributed by atoms with Crippen molar-refractivity contribution < 1.29 is 13.2 Å². The van der Waals surface area contributed by atoms with Gasteiger partial charge in [-0.2, -0.15) is 0 Å². The van der Waals surface area contributed by atoms with Gasteiger partial charge in [-0.05, 0) is 48.4 Å². The van der Waals surface area contributed by atoms with Crippen LogP contribution in [0, 0.1) is 0 Å². The van der Waals surface area contributed by atoms with Gasteiger partial charge in [-0.15, -0.1) is 11.3 Å². The first-order valence-electron chi connectivity index (χ1n) is 8.07. The summed E-state index contributed by atoms with van der Waals surface area (Å²) < 4.78 is 28.1. The lowest BCUT2D eigenvalue weighted by Crippen LogP contribution is -2.28. The summed E-state index contributed by atoms with van der Waals surface area (Å²) in [6.07, 6.45) is 3.86. The minimum absolute atomic E-state index is 0.137. The maximum Gasteiger partial charge on any atom is 0.271 e. The minimum atomic E-state index is -3.73. The molecule has 0 radical (unpaired) electrons. The molecular formula is C18H14ClN3O3S2. The molecule has 138 valence electrons. The van der Waals surface area contributed by atoms with Gasteiger partial charge in [0.15, 0.2) is 0 Å². The van der Waals surface area contributed by atoms with Gasteiger partial charge in [0.25, 0.3) is 15.9 Å². The minimum Gasteiger partial charge on any atom is -0.308 e. The van der Waals surface area contributed by atoms with Gasteiger partial charge >= 0.3 is 0 Å². The summed E-state index contributed by atoms with van der Waals surface area (Å²) in [5, 5.41) is 0. The van der Waals surface area contributed by atoms with E-state index in [9.17, 15) is 13.2 Å². The van der Waals surface area contributed by atoms with E-state index in [1.165, 1.54) is 6.07 Å². The average molecular weight is 420 g/mol. The fraction of sp³-hybridized carbons (Fsp3) is 0.111. The molecule has 3 heterocycles. The van der Waals surface area contributed by atoms with Crippen LogP contribution in [-0.4, -0.2) is 25.9 Å². The van der Waals surface area contributed by atoms with Crippen molar-refractivity contribution in [3.05, 3.63) is 70.3 Å². The van der Waals surface area contributed by atoms with Crippen LogP contribution < -0.4 is 9.62 Å². The molecule has 2 aromatic heterocycles. The van der Waals surface area contributed by atoms with E-state index in [-0.39, 0.29) is 10.1 Å². The van der Waals surface area contributed by atoms with Crippen molar-refractivity contribution in [3.8, 4) is 0 Å². The molecule has 3 aromatic rings. The number of hydrogen-bond acceptors (Lipinski definition) is 5. The molecule has 0 bridgehead atoms. The average Bonchev–Trinajstić information content (AvgIpc) is 3.28. The SMILES string of the molecule is O=C(c1ccncc1)N1CCc2ccc(NS(=O)(=O)c3ccc(Cl)s3)cc21. The first-order valence-corrected chi connectivity index (χ1v) is 10.7. The van der Waals surface area contributed by atoms with Gasteiger partial charge in [-0.3, -0.25) is 14.5 Å².